The Morgan fingerprint density at radius 2 is 1.82 bits per heavy atom. The first kappa shape index (κ1) is 24.9. The maximum atomic E-state index is 12.0. The highest BCUT2D eigenvalue weighted by Gasteiger charge is 2.22. The van der Waals surface area contributed by atoms with Crippen LogP contribution < -0.4 is 15.8 Å². The van der Waals surface area contributed by atoms with Crippen molar-refractivity contribution >= 4 is 33.2 Å². The molecule has 160 valence electrons. The van der Waals surface area contributed by atoms with Crippen LogP contribution in [-0.2, 0) is 14.8 Å². The molecule has 1 aliphatic rings. The van der Waals surface area contributed by atoms with Crippen LogP contribution in [0.5, 0.6) is 0 Å². The molecule has 2 unspecified atom stereocenters. The maximum Gasteiger partial charge on any atom is 0.224 e. The molecule has 1 aromatic carbocycles. The predicted octanol–water partition coefficient (Wildman–Crippen LogP) is 3.57. The monoisotopic (exact) mass is 431 g/mol. The largest absolute Gasteiger partial charge is 0.328 e. The molecule has 1 aliphatic carbocycles. The van der Waals surface area contributed by atoms with E-state index in [0.29, 0.717) is 37.8 Å². The summed E-state index contributed by atoms with van der Waals surface area (Å²) in [6.45, 7) is 3.65. The fraction of sp³-hybridized carbons (Fsp3) is 0.650. The molecule has 1 fully saturated rings. The Morgan fingerprint density at radius 3 is 2.36 bits per heavy atom. The summed E-state index contributed by atoms with van der Waals surface area (Å²) in [5, 5.41) is 2.46. The van der Waals surface area contributed by atoms with Gasteiger partial charge in [-0.15, -0.1) is 11.6 Å². The minimum absolute atomic E-state index is 0.0487. The lowest BCUT2D eigenvalue weighted by atomic mass is 9.97. The molecule has 0 bridgehead atoms. The van der Waals surface area contributed by atoms with Gasteiger partial charge in [-0.25, -0.2) is 13.1 Å². The number of alkyl halides is 1. The molecule has 0 spiro atoms. The number of carbonyl (C=O) groups excluding carboxylic acids is 1. The number of hydrogen-bond acceptors (Lipinski definition) is 4. The second-order valence-electron chi connectivity index (χ2n) is 7.39. The van der Waals surface area contributed by atoms with Crippen molar-refractivity contribution in [2.24, 2.45) is 5.73 Å². The standard InChI is InChI=1S/C19H31N3O3S.CH3Cl/c1-14(2)26(24,25)21-12-4-3-5-19(23)22-18-10-7-15(8-11-18)16-6-9-17(20)13-16;1-2/h7-8,10-11,14,16-17,21H,3-6,9,12-13,20H2,1-2H3,(H,22,23);1H3. The number of nitrogens with two attached hydrogens (primary N) is 1. The molecule has 0 radical (unpaired) electrons. The summed E-state index contributed by atoms with van der Waals surface area (Å²) < 4.78 is 25.8. The van der Waals surface area contributed by atoms with Crippen LogP contribution >= 0.6 is 11.6 Å². The first-order valence-corrected chi connectivity index (χ1v) is 12.1. The minimum atomic E-state index is -3.22. The number of anilines is 1. The topological polar surface area (TPSA) is 101 Å². The number of benzene rings is 1. The summed E-state index contributed by atoms with van der Waals surface area (Å²) >= 11 is 4.64. The van der Waals surface area contributed by atoms with Crippen LogP contribution in [0.1, 0.15) is 63.9 Å². The van der Waals surface area contributed by atoms with Crippen LogP contribution in [0.3, 0.4) is 0 Å². The van der Waals surface area contributed by atoms with E-state index in [2.05, 4.69) is 33.8 Å². The average molecular weight is 432 g/mol. The van der Waals surface area contributed by atoms with E-state index >= 15 is 0 Å². The summed E-state index contributed by atoms with van der Waals surface area (Å²) in [6.07, 6.45) is 6.38. The van der Waals surface area contributed by atoms with Gasteiger partial charge in [0.15, 0.2) is 0 Å². The van der Waals surface area contributed by atoms with Gasteiger partial charge in [-0.1, -0.05) is 12.1 Å². The second-order valence-corrected chi connectivity index (χ2v) is 9.71. The van der Waals surface area contributed by atoms with E-state index in [4.69, 9.17) is 5.73 Å². The Bertz CT molecular complexity index is 693. The van der Waals surface area contributed by atoms with Crippen LogP contribution in [0.4, 0.5) is 5.69 Å². The molecule has 1 amide bonds. The predicted molar refractivity (Wildman–Crippen MR) is 117 cm³/mol. The fourth-order valence-corrected chi connectivity index (χ4v) is 3.94. The lowest BCUT2D eigenvalue weighted by molar-refractivity contribution is -0.116. The van der Waals surface area contributed by atoms with E-state index in [1.54, 1.807) is 13.8 Å². The Morgan fingerprint density at radius 1 is 1.18 bits per heavy atom. The molecule has 0 aliphatic heterocycles. The molecule has 28 heavy (non-hydrogen) atoms. The molecule has 0 saturated heterocycles. The molecule has 1 saturated carbocycles. The number of nitrogens with one attached hydrogen (secondary N) is 2. The molecule has 6 nitrogen and oxygen atoms in total. The van der Waals surface area contributed by atoms with Gasteiger partial charge < -0.3 is 11.1 Å². The zero-order chi connectivity index (χ0) is 21.2. The Balaban J connectivity index is 0.00000190. The first-order valence-electron chi connectivity index (χ1n) is 9.79. The van der Waals surface area contributed by atoms with Gasteiger partial charge in [0.05, 0.1) is 5.25 Å². The zero-order valence-corrected chi connectivity index (χ0v) is 18.7. The van der Waals surface area contributed by atoms with Gasteiger partial charge in [-0.05, 0) is 69.6 Å². The second kappa shape index (κ2) is 12.4. The number of rotatable bonds is 9. The molecule has 8 heteroatoms. The number of carbonyl (C=O) groups is 1. The lowest BCUT2D eigenvalue weighted by Crippen LogP contribution is -2.31. The molecule has 2 atom stereocenters. The normalized spacial score (nSPS) is 19.2. The summed E-state index contributed by atoms with van der Waals surface area (Å²) in [7, 11) is -3.22. The van der Waals surface area contributed by atoms with Crippen molar-refractivity contribution in [3.05, 3.63) is 29.8 Å². The van der Waals surface area contributed by atoms with Gasteiger partial charge in [-0.2, -0.15) is 0 Å². The number of amides is 1. The average Bonchev–Trinajstić information content (AvgIpc) is 3.10. The van der Waals surface area contributed by atoms with Crippen LogP contribution in [0.15, 0.2) is 24.3 Å². The molecule has 4 N–H and O–H groups in total. The smallest absolute Gasteiger partial charge is 0.224 e. The van der Waals surface area contributed by atoms with Crippen LogP contribution in [0.2, 0.25) is 0 Å². The molecule has 0 aromatic heterocycles. The van der Waals surface area contributed by atoms with Gasteiger partial charge in [-0.3, -0.25) is 4.79 Å². The highest BCUT2D eigenvalue weighted by atomic mass is 35.5. The Labute approximate surface area is 174 Å². The van der Waals surface area contributed by atoms with Crippen molar-refractivity contribution in [1.82, 2.24) is 4.72 Å². The molecule has 0 heterocycles. The van der Waals surface area contributed by atoms with Crippen molar-refractivity contribution in [3.8, 4) is 0 Å². The number of unbranched alkanes of at least 4 members (excludes halogenated alkanes) is 1. The van der Waals surface area contributed by atoms with Crippen molar-refractivity contribution in [3.63, 3.8) is 0 Å². The maximum absolute atomic E-state index is 12.0. The fourth-order valence-electron chi connectivity index (χ4n) is 3.17. The molecular weight excluding hydrogens is 398 g/mol. The Hall–Kier alpha value is -1.15. The van der Waals surface area contributed by atoms with Gasteiger partial charge in [0.1, 0.15) is 0 Å². The summed E-state index contributed by atoms with van der Waals surface area (Å²) in [5.41, 5.74) is 8.05. The zero-order valence-electron chi connectivity index (χ0n) is 17.1. The van der Waals surface area contributed by atoms with Crippen LogP contribution in [0, 0.1) is 0 Å². The van der Waals surface area contributed by atoms with Gasteiger partial charge in [0, 0.05) is 31.1 Å². The van der Waals surface area contributed by atoms with Crippen molar-refractivity contribution in [1.29, 1.82) is 0 Å². The van der Waals surface area contributed by atoms with E-state index < -0.39 is 15.3 Å². The quantitative estimate of drug-likeness (QED) is 0.410. The number of halogens is 1. The van der Waals surface area contributed by atoms with Crippen LogP contribution in [-0.4, -0.2) is 38.5 Å². The molecule has 2 rings (SSSR count). The van der Waals surface area contributed by atoms with Crippen molar-refractivity contribution in [2.75, 3.05) is 18.2 Å². The highest BCUT2D eigenvalue weighted by molar-refractivity contribution is 7.90. The number of hydrogen-bond donors (Lipinski definition) is 3. The first-order chi connectivity index (χ1) is 13.3. The van der Waals surface area contributed by atoms with E-state index in [0.717, 1.165) is 24.9 Å². The summed E-state index contributed by atoms with van der Waals surface area (Å²) in [5.74, 6) is 0.483. The van der Waals surface area contributed by atoms with Gasteiger partial charge in [0.25, 0.3) is 0 Å². The summed E-state index contributed by atoms with van der Waals surface area (Å²) in [6, 6.07) is 8.32. The van der Waals surface area contributed by atoms with E-state index in [9.17, 15) is 13.2 Å². The third-order valence-electron chi connectivity index (χ3n) is 4.89. The van der Waals surface area contributed by atoms with E-state index in [1.807, 2.05) is 12.1 Å². The van der Waals surface area contributed by atoms with Gasteiger partial charge >= 0.3 is 0 Å². The third kappa shape index (κ3) is 8.47. The minimum Gasteiger partial charge on any atom is -0.328 e. The third-order valence-corrected chi connectivity index (χ3v) is 6.74. The number of sulfonamides is 1. The van der Waals surface area contributed by atoms with E-state index in [1.165, 1.54) is 11.9 Å². The van der Waals surface area contributed by atoms with E-state index in [-0.39, 0.29) is 5.91 Å². The van der Waals surface area contributed by atoms with Crippen LogP contribution in [0.25, 0.3) is 0 Å². The molecule has 1 aromatic rings. The lowest BCUT2D eigenvalue weighted by Gasteiger charge is -2.12. The van der Waals surface area contributed by atoms with Crippen molar-refractivity contribution < 1.29 is 13.2 Å². The summed E-state index contributed by atoms with van der Waals surface area (Å²) in [4.78, 5) is 12.0. The van der Waals surface area contributed by atoms with Gasteiger partial charge in [0.2, 0.25) is 15.9 Å². The van der Waals surface area contributed by atoms with Crippen molar-refractivity contribution in [2.45, 2.75) is 69.6 Å². The highest BCUT2D eigenvalue weighted by Crippen LogP contribution is 2.33. The SMILES string of the molecule is CC(C)S(=O)(=O)NCCCCC(=O)Nc1ccc(C2CCC(N)C2)cc1.CCl. The molecular formula is C20H34ClN3O3S. The Kier molecular flexibility index (Phi) is 11.0.